The van der Waals surface area contributed by atoms with Crippen LogP contribution < -0.4 is 26.0 Å². The van der Waals surface area contributed by atoms with E-state index in [-0.39, 0.29) is 67.7 Å². The third-order valence-electron chi connectivity index (χ3n) is 11.8. The SMILES string of the molecule is CC(=O)N(C1COc2ccc(CNCC(=O)OCc3ccccc3)cc21)[C@@H](Cc1ccccc1)C(=O)N[C@@H](CC(C)C)C(=O)NC(CC1CCCCC1)C(O)CC(=O)NCC(C)C.O. The number of hydrogen-bond acceptors (Lipinski definition) is 9. The Morgan fingerprint density at radius 3 is 2.14 bits per heavy atom. The van der Waals surface area contributed by atoms with Gasteiger partial charge < -0.3 is 46.2 Å². The zero-order valence-electron chi connectivity index (χ0n) is 38.3. The Bertz CT molecular complexity index is 1940. The van der Waals surface area contributed by atoms with Crippen molar-refractivity contribution >= 4 is 29.6 Å². The Kier molecular flexibility index (Phi) is 20.7. The Hall–Kier alpha value is -5.31. The largest absolute Gasteiger partial charge is 0.491 e. The summed E-state index contributed by atoms with van der Waals surface area (Å²) in [4.78, 5) is 69.9. The first-order valence-electron chi connectivity index (χ1n) is 22.8. The minimum absolute atomic E-state index is 0. The summed E-state index contributed by atoms with van der Waals surface area (Å²) in [6.45, 7) is 10.5. The van der Waals surface area contributed by atoms with E-state index in [1.54, 1.807) is 4.90 Å². The maximum Gasteiger partial charge on any atom is 0.320 e. The maximum absolute atomic E-state index is 14.8. The lowest BCUT2D eigenvalue weighted by Crippen LogP contribution is -2.58. The molecule has 7 N–H and O–H groups in total. The molecule has 5 atom stereocenters. The highest BCUT2D eigenvalue weighted by atomic mass is 16.5. The second-order valence-electron chi connectivity index (χ2n) is 18.1. The average molecular weight is 886 g/mol. The Balaban J connectivity index is 0.00000898. The lowest BCUT2D eigenvalue weighted by molar-refractivity contribution is -0.144. The first-order chi connectivity index (χ1) is 30.3. The third kappa shape index (κ3) is 16.0. The quantitative estimate of drug-likeness (QED) is 0.0803. The Morgan fingerprint density at radius 2 is 1.50 bits per heavy atom. The van der Waals surface area contributed by atoms with Crippen molar-refractivity contribution in [2.75, 3.05) is 19.7 Å². The summed E-state index contributed by atoms with van der Waals surface area (Å²) in [7, 11) is 0. The molecule has 0 saturated heterocycles. The lowest BCUT2D eigenvalue weighted by Gasteiger charge is -2.36. The van der Waals surface area contributed by atoms with Crippen LogP contribution in [0.1, 0.15) is 114 Å². The fourth-order valence-corrected chi connectivity index (χ4v) is 8.57. The smallest absolute Gasteiger partial charge is 0.320 e. The molecule has 4 amide bonds. The van der Waals surface area contributed by atoms with Gasteiger partial charge in [0, 0.05) is 32.0 Å². The summed E-state index contributed by atoms with van der Waals surface area (Å²) < 4.78 is 11.5. The molecule has 1 heterocycles. The van der Waals surface area contributed by atoms with Gasteiger partial charge in [0.25, 0.3) is 0 Å². The highest BCUT2D eigenvalue weighted by Crippen LogP contribution is 2.38. The van der Waals surface area contributed by atoms with Gasteiger partial charge in [-0.25, -0.2) is 0 Å². The Morgan fingerprint density at radius 1 is 0.828 bits per heavy atom. The molecule has 3 unspecified atom stereocenters. The van der Waals surface area contributed by atoms with E-state index in [1.807, 2.05) is 107 Å². The minimum Gasteiger partial charge on any atom is -0.491 e. The molecule has 0 aromatic heterocycles. The van der Waals surface area contributed by atoms with Crippen molar-refractivity contribution < 1.29 is 44.0 Å². The van der Waals surface area contributed by atoms with E-state index in [4.69, 9.17) is 9.47 Å². The molecule has 14 heteroatoms. The number of nitrogens with one attached hydrogen (secondary N) is 4. The van der Waals surface area contributed by atoms with Gasteiger partial charge in [-0.3, -0.25) is 24.0 Å². The van der Waals surface area contributed by atoms with E-state index in [0.29, 0.717) is 37.6 Å². The molecule has 1 fully saturated rings. The van der Waals surface area contributed by atoms with E-state index in [9.17, 15) is 29.1 Å². The maximum atomic E-state index is 14.8. The Labute approximate surface area is 378 Å². The summed E-state index contributed by atoms with van der Waals surface area (Å²) in [5.74, 6) is -0.794. The fourth-order valence-electron chi connectivity index (χ4n) is 8.57. The molecule has 0 radical (unpaired) electrons. The standard InChI is InChI=1S/C50H69N5O8.H2O/c1-33(2)23-42(49(60)53-41(25-36-15-9-6-10-16-36)45(57)27-47(58)52-28-34(3)4)54-50(61)43(26-37-17-11-7-12-18-37)55(35(5)56)44-32-62-46-22-21-39(24-40(44)46)29-51-30-48(59)63-31-38-19-13-8-14-20-38;/h7-8,11-14,17-22,24,33-34,36,41-45,51,57H,6,9-10,15-16,23,25-32H2,1-5H3,(H,52,58)(H,53,60)(H,54,61);1H2/t41?,42-,43-,44?,45?;/m0./s1. The molecule has 3 aromatic rings. The summed E-state index contributed by atoms with van der Waals surface area (Å²) in [5, 5.41) is 23.6. The van der Waals surface area contributed by atoms with Gasteiger partial charge in [-0.15, -0.1) is 0 Å². The van der Waals surface area contributed by atoms with Crippen molar-refractivity contribution in [2.45, 2.75) is 136 Å². The number of nitrogens with zero attached hydrogens (tertiary/aromatic N) is 1. The number of ether oxygens (including phenoxy) is 2. The number of aliphatic hydroxyl groups is 1. The number of carbonyl (C=O) groups is 5. The van der Waals surface area contributed by atoms with Gasteiger partial charge in [-0.05, 0) is 59.4 Å². The van der Waals surface area contributed by atoms with E-state index >= 15 is 0 Å². The van der Waals surface area contributed by atoms with Gasteiger partial charge >= 0.3 is 5.97 Å². The van der Waals surface area contributed by atoms with Gasteiger partial charge in [0.1, 0.15) is 31.0 Å². The van der Waals surface area contributed by atoms with Crippen molar-refractivity contribution in [1.29, 1.82) is 0 Å². The van der Waals surface area contributed by atoms with Crippen LogP contribution in [0.2, 0.25) is 0 Å². The van der Waals surface area contributed by atoms with Crippen molar-refractivity contribution in [3.05, 3.63) is 101 Å². The van der Waals surface area contributed by atoms with Gasteiger partial charge in [0.15, 0.2) is 0 Å². The molecule has 0 bridgehead atoms. The number of amides is 4. The predicted octanol–water partition coefficient (Wildman–Crippen LogP) is 5.10. The second kappa shape index (κ2) is 25.8. The molecule has 14 nitrogen and oxygen atoms in total. The van der Waals surface area contributed by atoms with Gasteiger partial charge in [-0.1, -0.05) is 127 Å². The van der Waals surface area contributed by atoms with Gasteiger partial charge in [0.05, 0.1) is 31.2 Å². The number of rotatable bonds is 23. The van der Waals surface area contributed by atoms with Crippen molar-refractivity contribution in [3.63, 3.8) is 0 Å². The topological polar surface area (TPSA) is 207 Å². The summed E-state index contributed by atoms with van der Waals surface area (Å²) >= 11 is 0. The molecule has 350 valence electrons. The molecule has 1 aliphatic heterocycles. The second-order valence-corrected chi connectivity index (χ2v) is 18.1. The van der Waals surface area contributed by atoms with Crippen LogP contribution in [0, 0.1) is 17.8 Å². The zero-order chi connectivity index (χ0) is 45.3. The highest BCUT2D eigenvalue weighted by molar-refractivity contribution is 5.92. The molecule has 1 aliphatic carbocycles. The normalized spacial score (nSPS) is 16.6. The molecular weight excluding hydrogens is 815 g/mol. The fraction of sp³-hybridized carbons (Fsp3) is 0.540. The number of esters is 1. The number of benzene rings is 3. The number of aliphatic hydroxyl groups excluding tert-OH is 1. The summed E-state index contributed by atoms with van der Waals surface area (Å²) in [6, 6.07) is 21.2. The minimum atomic E-state index is -1.12. The van der Waals surface area contributed by atoms with Crippen LogP contribution in [-0.2, 0) is 48.3 Å². The average Bonchev–Trinajstić information content (AvgIpc) is 3.67. The molecule has 2 aliphatic rings. The number of fused-ring (bicyclic) bond motifs is 1. The zero-order valence-corrected chi connectivity index (χ0v) is 38.3. The van der Waals surface area contributed by atoms with Crippen LogP contribution in [0.4, 0.5) is 0 Å². The van der Waals surface area contributed by atoms with Gasteiger partial charge in [0.2, 0.25) is 23.6 Å². The highest BCUT2D eigenvalue weighted by Gasteiger charge is 2.40. The molecular formula is C50H71N5O9. The lowest BCUT2D eigenvalue weighted by atomic mass is 9.83. The van der Waals surface area contributed by atoms with Crippen molar-refractivity contribution in [3.8, 4) is 5.75 Å². The van der Waals surface area contributed by atoms with Crippen LogP contribution in [0.15, 0.2) is 78.9 Å². The van der Waals surface area contributed by atoms with Crippen molar-refractivity contribution in [1.82, 2.24) is 26.2 Å². The van der Waals surface area contributed by atoms with E-state index in [2.05, 4.69) is 21.3 Å². The molecule has 1 saturated carbocycles. The molecule has 3 aromatic carbocycles. The monoisotopic (exact) mass is 886 g/mol. The molecule has 0 spiro atoms. The predicted molar refractivity (Wildman–Crippen MR) is 246 cm³/mol. The van der Waals surface area contributed by atoms with Crippen LogP contribution in [0.25, 0.3) is 0 Å². The van der Waals surface area contributed by atoms with Crippen LogP contribution in [-0.4, -0.2) is 89.0 Å². The molecule has 64 heavy (non-hydrogen) atoms. The van der Waals surface area contributed by atoms with E-state index in [0.717, 1.165) is 54.4 Å². The first kappa shape index (κ1) is 51.3. The van der Waals surface area contributed by atoms with E-state index < -0.39 is 42.1 Å². The number of hydrogen-bond donors (Lipinski definition) is 5. The first-order valence-corrected chi connectivity index (χ1v) is 22.8. The van der Waals surface area contributed by atoms with E-state index in [1.165, 1.54) is 6.92 Å². The number of carbonyl (C=O) groups excluding carboxylic acids is 5. The van der Waals surface area contributed by atoms with Crippen molar-refractivity contribution in [2.24, 2.45) is 17.8 Å². The molecule has 5 rings (SSSR count). The third-order valence-corrected chi connectivity index (χ3v) is 11.8. The summed E-state index contributed by atoms with van der Waals surface area (Å²) in [5.41, 5.74) is 3.31. The van der Waals surface area contributed by atoms with Crippen LogP contribution in [0.5, 0.6) is 5.75 Å². The van der Waals surface area contributed by atoms with Gasteiger partial charge in [-0.2, -0.15) is 0 Å². The van der Waals surface area contributed by atoms with Crippen LogP contribution in [0.3, 0.4) is 0 Å². The van der Waals surface area contributed by atoms with Crippen LogP contribution >= 0.6 is 0 Å². The summed E-state index contributed by atoms with van der Waals surface area (Å²) in [6.07, 6.45) is 5.04.